The molecule has 0 spiro atoms. The van der Waals surface area contributed by atoms with Crippen LogP contribution in [0.4, 0.5) is 5.69 Å². The van der Waals surface area contributed by atoms with E-state index in [1.54, 1.807) is 6.07 Å². The van der Waals surface area contributed by atoms with Gasteiger partial charge in [-0.05, 0) is 31.5 Å². The van der Waals surface area contributed by atoms with Crippen molar-refractivity contribution < 1.29 is 4.92 Å². The van der Waals surface area contributed by atoms with Gasteiger partial charge in [-0.15, -0.1) is 12.4 Å². The Morgan fingerprint density at radius 3 is 2.61 bits per heavy atom. The van der Waals surface area contributed by atoms with E-state index in [1.807, 2.05) is 0 Å². The van der Waals surface area contributed by atoms with Crippen LogP contribution in [-0.4, -0.2) is 11.5 Å². The molecule has 0 amide bonds. The summed E-state index contributed by atoms with van der Waals surface area (Å²) in [7, 11) is 0. The van der Waals surface area contributed by atoms with Gasteiger partial charge in [0.2, 0.25) is 0 Å². The summed E-state index contributed by atoms with van der Waals surface area (Å²) in [5.74, 6) is 0. The highest BCUT2D eigenvalue weighted by Crippen LogP contribution is 2.29. The molecule has 5 nitrogen and oxygen atoms in total. The van der Waals surface area contributed by atoms with Crippen LogP contribution in [0.1, 0.15) is 30.9 Å². The number of unbranched alkanes of at least 4 members (excludes halogenated alkanes) is 1. The lowest BCUT2D eigenvalue weighted by molar-refractivity contribution is -0.385. The lowest BCUT2D eigenvalue weighted by atomic mass is 10.0. The first-order valence-corrected chi connectivity index (χ1v) is 5.83. The molecular formula is C11H17Cl2N3O2. The van der Waals surface area contributed by atoms with Crippen LogP contribution in [0.2, 0.25) is 5.02 Å². The van der Waals surface area contributed by atoms with Gasteiger partial charge in [-0.1, -0.05) is 18.0 Å². The quantitative estimate of drug-likeness (QED) is 0.479. The Balaban J connectivity index is 0.00000289. The van der Waals surface area contributed by atoms with Gasteiger partial charge < -0.3 is 11.5 Å². The van der Waals surface area contributed by atoms with Crippen molar-refractivity contribution >= 4 is 29.7 Å². The van der Waals surface area contributed by atoms with Gasteiger partial charge in [-0.2, -0.15) is 0 Å². The standard InChI is InChI=1S/C11H16ClN3O2.ClH/c12-8-4-5-11(15(16)17)9(7-8)10(14)3-1-2-6-13;/h4-5,7,10H,1-3,6,13-14H2;1H/t10-;/m1./s1. The number of hydrogen-bond donors (Lipinski definition) is 2. The molecule has 0 aliphatic rings. The van der Waals surface area contributed by atoms with Crippen molar-refractivity contribution in [1.29, 1.82) is 0 Å². The van der Waals surface area contributed by atoms with E-state index in [4.69, 9.17) is 23.1 Å². The highest BCUT2D eigenvalue weighted by Gasteiger charge is 2.19. The fourth-order valence-corrected chi connectivity index (χ4v) is 1.83. The van der Waals surface area contributed by atoms with Gasteiger partial charge in [0.15, 0.2) is 0 Å². The van der Waals surface area contributed by atoms with Crippen LogP contribution in [0, 0.1) is 10.1 Å². The Labute approximate surface area is 117 Å². The summed E-state index contributed by atoms with van der Waals surface area (Å²) in [4.78, 5) is 10.4. The second-order valence-corrected chi connectivity index (χ2v) is 4.29. The molecule has 1 atom stereocenters. The maximum Gasteiger partial charge on any atom is 0.274 e. The smallest absolute Gasteiger partial charge is 0.274 e. The van der Waals surface area contributed by atoms with Gasteiger partial charge in [0, 0.05) is 22.7 Å². The van der Waals surface area contributed by atoms with Crippen LogP contribution < -0.4 is 11.5 Å². The van der Waals surface area contributed by atoms with Crippen LogP contribution >= 0.6 is 24.0 Å². The van der Waals surface area contributed by atoms with E-state index in [0.29, 0.717) is 23.6 Å². The van der Waals surface area contributed by atoms with E-state index >= 15 is 0 Å². The molecule has 0 radical (unpaired) electrons. The molecule has 102 valence electrons. The summed E-state index contributed by atoms with van der Waals surface area (Å²) < 4.78 is 0. The van der Waals surface area contributed by atoms with Crippen molar-refractivity contribution in [2.45, 2.75) is 25.3 Å². The number of nitrogens with zero attached hydrogens (tertiary/aromatic N) is 1. The topological polar surface area (TPSA) is 95.2 Å². The number of nitro benzene ring substituents is 1. The predicted molar refractivity (Wildman–Crippen MR) is 75.2 cm³/mol. The largest absolute Gasteiger partial charge is 0.330 e. The summed E-state index contributed by atoms with van der Waals surface area (Å²) in [5.41, 5.74) is 11.8. The second kappa shape index (κ2) is 8.26. The molecule has 0 aliphatic carbocycles. The van der Waals surface area contributed by atoms with Crippen LogP contribution in [0.3, 0.4) is 0 Å². The molecule has 0 fully saturated rings. The zero-order chi connectivity index (χ0) is 12.8. The fraction of sp³-hybridized carbons (Fsp3) is 0.455. The van der Waals surface area contributed by atoms with Crippen LogP contribution in [-0.2, 0) is 0 Å². The molecule has 0 unspecified atom stereocenters. The molecule has 1 aromatic rings. The third kappa shape index (κ3) is 4.78. The average molecular weight is 294 g/mol. The minimum atomic E-state index is -0.436. The fourth-order valence-electron chi connectivity index (χ4n) is 1.65. The van der Waals surface area contributed by atoms with Gasteiger partial charge in [0.25, 0.3) is 5.69 Å². The Bertz CT molecular complexity index is 402. The minimum absolute atomic E-state index is 0. The molecule has 0 aliphatic heterocycles. The first kappa shape index (κ1) is 17.1. The highest BCUT2D eigenvalue weighted by atomic mass is 35.5. The lowest BCUT2D eigenvalue weighted by Crippen LogP contribution is -2.13. The van der Waals surface area contributed by atoms with Crippen molar-refractivity contribution in [2.75, 3.05) is 6.54 Å². The van der Waals surface area contributed by atoms with Gasteiger partial charge in [-0.3, -0.25) is 10.1 Å². The number of nitro groups is 1. The Morgan fingerprint density at radius 2 is 2.06 bits per heavy atom. The molecule has 0 saturated heterocycles. The van der Waals surface area contributed by atoms with Crippen LogP contribution in [0.25, 0.3) is 0 Å². The molecule has 0 saturated carbocycles. The zero-order valence-electron chi connectivity index (χ0n) is 9.84. The first-order valence-electron chi connectivity index (χ1n) is 5.45. The van der Waals surface area contributed by atoms with Gasteiger partial charge in [-0.25, -0.2) is 0 Å². The molecule has 1 rings (SSSR count). The Morgan fingerprint density at radius 1 is 1.39 bits per heavy atom. The van der Waals surface area contributed by atoms with Crippen molar-refractivity contribution in [3.63, 3.8) is 0 Å². The minimum Gasteiger partial charge on any atom is -0.330 e. The lowest BCUT2D eigenvalue weighted by Gasteiger charge is -2.12. The van der Waals surface area contributed by atoms with Gasteiger partial charge in [0.05, 0.1) is 4.92 Å². The normalized spacial score (nSPS) is 11.7. The molecule has 4 N–H and O–H groups in total. The molecule has 1 aromatic carbocycles. The second-order valence-electron chi connectivity index (χ2n) is 3.85. The summed E-state index contributed by atoms with van der Waals surface area (Å²) >= 11 is 5.83. The van der Waals surface area contributed by atoms with Crippen molar-refractivity contribution in [3.8, 4) is 0 Å². The predicted octanol–water partition coefficient (Wildman–Crippen LogP) is 2.80. The number of rotatable bonds is 6. The summed E-state index contributed by atoms with van der Waals surface area (Å²) in [6.07, 6.45) is 2.38. The van der Waals surface area contributed by atoms with Crippen molar-refractivity contribution in [2.24, 2.45) is 11.5 Å². The SMILES string of the molecule is Cl.NCCCC[C@@H](N)c1cc(Cl)ccc1[N+](=O)[O-]. The Hall–Kier alpha value is -0.880. The van der Waals surface area contributed by atoms with Gasteiger partial charge >= 0.3 is 0 Å². The summed E-state index contributed by atoms with van der Waals surface area (Å²) in [5, 5.41) is 11.3. The monoisotopic (exact) mass is 293 g/mol. The van der Waals surface area contributed by atoms with E-state index in [2.05, 4.69) is 0 Å². The zero-order valence-corrected chi connectivity index (χ0v) is 11.4. The van der Waals surface area contributed by atoms with Crippen molar-refractivity contribution in [3.05, 3.63) is 38.9 Å². The number of nitrogens with two attached hydrogens (primary N) is 2. The van der Waals surface area contributed by atoms with E-state index in [-0.39, 0.29) is 24.1 Å². The van der Waals surface area contributed by atoms with E-state index in [1.165, 1.54) is 12.1 Å². The van der Waals surface area contributed by atoms with Crippen LogP contribution in [0.15, 0.2) is 18.2 Å². The van der Waals surface area contributed by atoms with E-state index in [0.717, 1.165) is 12.8 Å². The van der Waals surface area contributed by atoms with Crippen LogP contribution in [0.5, 0.6) is 0 Å². The Kier molecular flexibility index (Phi) is 7.86. The molecule has 0 aromatic heterocycles. The molecule has 7 heteroatoms. The van der Waals surface area contributed by atoms with E-state index < -0.39 is 4.92 Å². The molecule has 18 heavy (non-hydrogen) atoms. The maximum absolute atomic E-state index is 10.9. The maximum atomic E-state index is 10.9. The summed E-state index contributed by atoms with van der Waals surface area (Å²) in [6, 6.07) is 4.07. The first-order chi connectivity index (χ1) is 8.06. The number of benzene rings is 1. The third-order valence-electron chi connectivity index (χ3n) is 2.55. The summed E-state index contributed by atoms with van der Waals surface area (Å²) in [6.45, 7) is 0.602. The van der Waals surface area contributed by atoms with E-state index in [9.17, 15) is 10.1 Å². The number of hydrogen-bond acceptors (Lipinski definition) is 4. The average Bonchev–Trinajstić information content (AvgIpc) is 2.28. The third-order valence-corrected chi connectivity index (χ3v) is 2.79. The van der Waals surface area contributed by atoms with Crippen molar-refractivity contribution in [1.82, 2.24) is 0 Å². The highest BCUT2D eigenvalue weighted by molar-refractivity contribution is 6.30. The molecule has 0 heterocycles. The molecule has 0 bridgehead atoms. The van der Waals surface area contributed by atoms with Gasteiger partial charge in [0.1, 0.15) is 0 Å². The molecular weight excluding hydrogens is 277 g/mol. The number of halogens is 2.